The minimum absolute atomic E-state index is 0.0693. The van der Waals surface area contributed by atoms with Crippen LogP contribution >= 0.6 is 0 Å². The summed E-state index contributed by atoms with van der Waals surface area (Å²) in [5.74, 6) is -1.30. The maximum absolute atomic E-state index is 10.6. The Morgan fingerprint density at radius 1 is 1.42 bits per heavy atom. The molecule has 0 aliphatic rings. The van der Waals surface area contributed by atoms with Crippen molar-refractivity contribution >= 4 is 18.8 Å². The highest BCUT2D eigenvalue weighted by Crippen LogP contribution is 2.03. The van der Waals surface area contributed by atoms with Crippen molar-refractivity contribution in [2.75, 3.05) is 0 Å². The van der Waals surface area contributed by atoms with Gasteiger partial charge in [-0.05, 0) is 6.42 Å². The Bertz CT molecular complexity index is 182. The zero-order valence-corrected chi connectivity index (χ0v) is 6.53. The van der Waals surface area contributed by atoms with Gasteiger partial charge in [-0.15, -0.1) is 0 Å². The maximum Gasteiger partial charge on any atom is 0.350 e. The minimum atomic E-state index is -1.68. The fourth-order valence-electron chi connectivity index (χ4n) is 0.722. The molecule has 0 atom stereocenters. The van der Waals surface area contributed by atoms with Crippen LogP contribution in [0.3, 0.4) is 0 Å². The first kappa shape index (κ1) is 10.4. The van der Waals surface area contributed by atoms with E-state index < -0.39 is 11.6 Å². The quantitative estimate of drug-likeness (QED) is 0.343. The normalized spacial score (nSPS) is 10.1. The lowest BCUT2D eigenvalue weighted by atomic mass is 10.1. The minimum Gasteiger partial charge on any atom is -0.478 e. The number of carbonyl (C=O) groups is 3. The van der Waals surface area contributed by atoms with Gasteiger partial charge in [-0.1, -0.05) is 6.92 Å². The van der Waals surface area contributed by atoms with Crippen molar-refractivity contribution in [2.45, 2.75) is 19.0 Å². The molecule has 0 saturated carbocycles. The zero-order chi connectivity index (χ0) is 9.61. The van der Waals surface area contributed by atoms with Crippen molar-refractivity contribution in [3.05, 3.63) is 0 Å². The van der Waals surface area contributed by atoms with Gasteiger partial charge in [0.05, 0.1) is 0 Å². The summed E-state index contributed by atoms with van der Waals surface area (Å²) in [5.41, 5.74) is -1.68. The zero-order valence-electron chi connectivity index (χ0n) is 6.53. The summed E-state index contributed by atoms with van der Waals surface area (Å²) in [6.07, 6.45) is 0.530. The Labute approximate surface area is 68.9 Å². The molecular weight excluding hydrogens is 164 g/mol. The molecule has 0 aromatic carbocycles. The van der Waals surface area contributed by atoms with Gasteiger partial charge in [0.15, 0.2) is 0 Å². The fraction of sp³-hybridized carbons (Fsp3) is 0.500. The van der Waals surface area contributed by atoms with Crippen molar-refractivity contribution in [1.29, 1.82) is 0 Å². The van der Waals surface area contributed by atoms with Crippen LogP contribution in [-0.4, -0.2) is 29.6 Å². The predicted molar refractivity (Wildman–Crippen MR) is 39.1 cm³/mol. The van der Waals surface area contributed by atoms with E-state index in [4.69, 9.17) is 5.11 Å². The molecule has 0 spiro atoms. The number of carboxylic acids is 1. The van der Waals surface area contributed by atoms with Crippen molar-refractivity contribution < 1.29 is 19.5 Å². The molecule has 0 fully saturated rings. The highest BCUT2D eigenvalue weighted by molar-refractivity contribution is 5.83. The molecule has 0 aromatic rings. The van der Waals surface area contributed by atoms with E-state index in [1.807, 2.05) is 10.6 Å². The molecule has 68 valence electrons. The average Bonchev–Trinajstić information content (AvgIpc) is 2.03. The molecule has 6 heteroatoms. The van der Waals surface area contributed by atoms with Crippen molar-refractivity contribution in [1.82, 2.24) is 10.6 Å². The third-order valence-electron chi connectivity index (χ3n) is 1.51. The Hall–Kier alpha value is -1.59. The van der Waals surface area contributed by atoms with Gasteiger partial charge in [-0.25, -0.2) is 4.79 Å². The van der Waals surface area contributed by atoms with E-state index in [0.29, 0.717) is 0 Å². The smallest absolute Gasteiger partial charge is 0.350 e. The van der Waals surface area contributed by atoms with Gasteiger partial charge in [-0.2, -0.15) is 0 Å². The molecule has 0 aromatic heterocycles. The monoisotopic (exact) mass is 174 g/mol. The summed E-state index contributed by atoms with van der Waals surface area (Å²) < 4.78 is 0. The van der Waals surface area contributed by atoms with E-state index >= 15 is 0 Å². The van der Waals surface area contributed by atoms with Crippen LogP contribution in [0.2, 0.25) is 0 Å². The lowest BCUT2D eigenvalue weighted by molar-refractivity contribution is -0.149. The van der Waals surface area contributed by atoms with Crippen molar-refractivity contribution in [3.63, 3.8) is 0 Å². The third kappa shape index (κ3) is 1.94. The number of aliphatic carboxylic acids is 1. The largest absolute Gasteiger partial charge is 0.478 e. The van der Waals surface area contributed by atoms with Gasteiger partial charge in [-0.3, -0.25) is 9.59 Å². The summed E-state index contributed by atoms with van der Waals surface area (Å²) in [5, 5.41) is 12.7. The molecule has 3 N–H and O–H groups in total. The summed E-state index contributed by atoms with van der Waals surface area (Å²) >= 11 is 0. The van der Waals surface area contributed by atoms with Crippen molar-refractivity contribution in [3.8, 4) is 0 Å². The molecule has 0 saturated heterocycles. The lowest BCUT2D eigenvalue weighted by Crippen LogP contribution is -2.61. The SMILES string of the molecule is CCC(NC=O)(NC=O)C(=O)O. The number of carbonyl (C=O) groups excluding carboxylic acids is 2. The van der Waals surface area contributed by atoms with Gasteiger partial charge in [0.1, 0.15) is 0 Å². The number of rotatable bonds is 6. The first-order chi connectivity index (χ1) is 5.63. The van der Waals surface area contributed by atoms with E-state index in [9.17, 15) is 14.4 Å². The molecule has 0 aliphatic carbocycles. The first-order valence-corrected chi connectivity index (χ1v) is 3.29. The predicted octanol–water partition coefficient (Wildman–Crippen LogP) is -1.33. The van der Waals surface area contributed by atoms with Gasteiger partial charge < -0.3 is 15.7 Å². The number of hydrogen-bond acceptors (Lipinski definition) is 3. The van der Waals surface area contributed by atoms with Crippen LogP contribution in [0, 0.1) is 0 Å². The van der Waals surface area contributed by atoms with Crippen LogP contribution in [0.4, 0.5) is 0 Å². The van der Waals surface area contributed by atoms with Crippen LogP contribution in [0.1, 0.15) is 13.3 Å². The van der Waals surface area contributed by atoms with Crippen LogP contribution in [0.15, 0.2) is 0 Å². The highest BCUT2D eigenvalue weighted by atomic mass is 16.4. The molecule has 12 heavy (non-hydrogen) atoms. The second-order valence-corrected chi connectivity index (χ2v) is 2.09. The molecule has 0 bridgehead atoms. The number of hydrogen-bond donors (Lipinski definition) is 3. The second kappa shape index (κ2) is 4.32. The fourth-order valence-corrected chi connectivity index (χ4v) is 0.722. The summed E-state index contributed by atoms with van der Waals surface area (Å²) in [4.78, 5) is 30.6. The molecule has 2 amide bonds. The Morgan fingerprint density at radius 2 is 1.83 bits per heavy atom. The van der Waals surface area contributed by atoms with Crippen LogP contribution < -0.4 is 10.6 Å². The van der Waals surface area contributed by atoms with Crippen LogP contribution in [0.5, 0.6) is 0 Å². The Kier molecular flexibility index (Phi) is 3.75. The lowest BCUT2D eigenvalue weighted by Gasteiger charge is -2.25. The number of nitrogens with one attached hydrogen (secondary N) is 2. The molecule has 0 rings (SSSR count). The molecule has 0 unspecified atom stereocenters. The Morgan fingerprint density at radius 3 is 2.00 bits per heavy atom. The maximum atomic E-state index is 10.6. The number of carboxylic acid groups (broad SMARTS) is 1. The Balaban J connectivity index is 4.60. The van der Waals surface area contributed by atoms with E-state index in [-0.39, 0.29) is 19.2 Å². The summed E-state index contributed by atoms with van der Waals surface area (Å²) in [6, 6.07) is 0. The number of amides is 2. The average molecular weight is 174 g/mol. The second-order valence-electron chi connectivity index (χ2n) is 2.09. The molecule has 0 heterocycles. The van der Waals surface area contributed by atoms with Gasteiger partial charge in [0.2, 0.25) is 18.5 Å². The van der Waals surface area contributed by atoms with Crippen molar-refractivity contribution in [2.24, 2.45) is 0 Å². The van der Waals surface area contributed by atoms with E-state index in [1.54, 1.807) is 0 Å². The van der Waals surface area contributed by atoms with E-state index in [1.165, 1.54) is 6.92 Å². The summed E-state index contributed by atoms with van der Waals surface area (Å²) in [7, 11) is 0. The standard InChI is InChI=1S/C6H10N2O4/c1-2-6(5(11)12,7-3-9)8-4-10/h3-4H,2H2,1H3,(H,7,9)(H,8,10)(H,11,12). The molecule has 0 radical (unpaired) electrons. The third-order valence-corrected chi connectivity index (χ3v) is 1.51. The first-order valence-electron chi connectivity index (χ1n) is 3.29. The van der Waals surface area contributed by atoms with E-state index in [0.717, 1.165) is 0 Å². The topological polar surface area (TPSA) is 95.5 Å². The highest BCUT2D eigenvalue weighted by Gasteiger charge is 2.35. The van der Waals surface area contributed by atoms with Crippen LogP contribution in [-0.2, 0) is 14.4 Å². The molecular formula is C6H10N2O4. The van der Waals surface area contributed by atoms with Gasteiger partial charge in [0.25, 0.3) is 0 Å². The van der Waals surface area contributed by atoms with Gasteiger partial charge in [0, 0.05) is 0 Å². The van der Waals surface area contributed by atoms with Crippen LogP contribution in [0.25, 0.3) is 0 Å². The molecule has 6 nitrogen and oxygen atoms in total. The van der Waals surface area contributed by atoms with E-state index in [2.05, 4.69) is 0 Å². The van der Waals surface area contributed by atoms with Gasteiger partial charge >= 0.3 is 5.97 Å². The molecule has 0 aliphatic heterocycles. The summed E-state index contributed by atoms with van der Waals surface area (Å²) in [6.45, 7) is 1.53.